The minimum atomic E-state index is 0.104. The van der Waals surface area contributed by atoms with E-state index in [2.05, 4.69) is 22.9 Å². The van der Waals surface area contributed by atoms with Gasteiger partial charge in [-0.3, -0.25) is 9.13 Å². The number of nitrogens with zero attached hydrogens (tertiary/aromatic N) is 2. The van der Waals surface area contributed by atoms with Crippen LogP contribution >= 0.6 is 15.9 Å². The Hall–Kier alpha value is -0.510. The molecule has 0 spiro atoms. The molecule has 0 aliphatic carbocycles. The van der Waals surface area contributed by atoms with E-state index in [1.54, 1.807) is 9.13 Å². The van der Waals surface area contributed by atoms with Crippen LogP contribution in [0.25, 0.3) is 0 Å². The molecule has 1 unspecified atom stereocenters. The summed E-state index contributed by atoms with van der Waals surface area (Å²) in [7, 11) is 0. The van der Waals surface area contributed by atoms with Crippen molar-refractivity contribution in [3.05, 3.63) is 22.9 Å². The molecule has 14 heavy (non-hydrogen) atoms. The van der Waals surface area contributed by atoms with Gasteiger partial charge in [-0.05, 0) is 12.8 Å². The second kappa shape index (κ2) is 5.39. The zero-order valence-corrected chi connectivity index (χ0v) is 10.3. The molecule has 80 valence electrons. The Morgan fingerprint density at radius 1 is 1.36 bits per heavy atom. The van der Waals surface area contributed by atoms with Crippen molar-refractivity contribution in [3.8, 4) is 0 Å². The molecule has 0 aliphatic rings. The first-order valence-electron chi connectivity index (χ1n) is 5.04. The smallest absolute Gasteiger partial charge is 0.300 e. The highest BCUT2D eigenvalue weighted by molar-refractivity contribution is 9.09. The number of alkyl halides is 1. The molecule has 4 heteroatoms. The molecule has 1 rings (SSSR count). The van der Waals surface area contributed by atoms with Crippen LogP contribution in [0.3, 0.4) is 0 Å². The highest BCUT2D eigenvalue weighted by atomic mass is 79.9. The SMILES string of the molecule is CCC(CBr)Cn1ccn(CC)c1=O. The van der Waals surface area contributed by atoms with Gasteiger partial charge in [-0.25, -0.2) is 4.79 Å². The minimum Gasteiger partial charge on any atom is -0.300 e. The number of aromatic nitrogens is 2. The molecule has 0 saturated carbocycles. The number of aryl methyl sites for hydroxylation is 1. The summed E-state index contributed by atoms with van der Waals surface area (Å²) in [5.74, 6) is 0.542. The van der Waals surface area contributed by atoms with E-state index in [-0.39, 0.29) is 5.69 Å². The van der Waals surface area contributed by atoms with Gasteiger partial charge in [-0.2, -0.15) is 0 Å². The Labute approximate surface area is 92.9 Å². The number of rotatable bonds is 5. The van der Waals surface area contributed by atoms with Crippen LogP contribution in [-0.2, 0) is 13.1 Å². The average molecular weight is 261 g/mol. The van der Waals surface area contributed by atoms with Crippen LogP contribution in [-0.4, -0.2) is 14.5 Å². The van der Waals surface area contributed by atoms with Crippen molar-refractivity contribution in [2.24, 2.45) is 5.92 Å². The summed E-state index contributed by atoms with van der Waals surface area (Å²) >= 11 is 3.46. The first-order valence-corrected chi connectivity index (χ1v) is 6.16. The molecule has 0 bridgehead atoms. The normalized spacial score (nSPS) is 13.1. The van der Waals surface area contributed by atoms with Crippen LogP contribution in [0.4, 0.5) is 0 Å². The van der Waals surface area contributed by atoms with Crippen molar-refractivity contribution >= 4 is 15.9 Å². The summed E-state index contributed by atoms with van der Waals surface area (Å²) in [5, 5.41) is 0.952. The molecule has 0 fully saturated rings. The summed E-state index contributed by atoms with van der Waals surface area (Å²) < 4.78 is 3.51. The topological polar surface area (TPSA) is 26.9 Å². The van der Waals surface area contributed by atoms with E-state index < -0.39 is 0 Å². The molecule has 0 N–H and O–H groups in total. The maximum Gasteiger partial charge on any atom is 0.328 e. The quantitative estimate of drug-likeness (QED) is 0.745. The molecule has 3 nitrogen and oxygen atoms in total. The minimum absolute atomic E-state index is 0.104. The number of halogens is 1. The Bertz CT molecular complexity index is 325. The van der Waals surface area contributed by atoms with Crippen LogP contribution in [0.2, 0.25) is 0 Å². The molecule has 0 radical (unpaired) electrons. The fourth-order valence-corrected chi connectivity index (χ4v) is 2.06. The molecule has 0 amide bonds. The van der Waals surface area contributed by atoms with Gasteiger partial charge >= 0.3 is 5.69 Å². The third-order valence-electron chi connectivity index (χ3n) is 2.51. The zero-order valence-electron chi connectivity index (χ0n) is 8.74. The van der Waals surface area contributed by atoms with Crippen molar-refractivity contribution in [2.45, 2.75) is 33.4 Å². The lowest BCUT2D eigenvalue weighted by Gasteiger charge is -2.10. The predicted octanol–water partition coefficient (Wildman–Crippen LogP) is 2.09. The molecule has 0 saturated heterocycles. The summed E-state index contributed by atoms with van der Waals surface area (Å²) in [5.41, 5.74) is 0.104. The van der Waals surface area contributed by atoms with Gasteiger partial charge in [0, 0.05) is 30.8 Å². The summed E-state index contributed by atoms with van der Waals surface area (Å²) in [6.45, 7) is 5.69. The van der Waals surface area contributed by atoms with Crippen LogP contribution in [0.15, 0.2) is 17.2 Å². The highest BCUT2D eigenvalue weighted by Crippen LogP contribution is 2.08. The molecule has 1 aromatic rings. The number of hydrogen-bond acceptors (Lipinski definition) is 1. The first kappa shape index (κ1) is 11.6. The van der Waals surface area contributed by atoms with Gasteiger partial charge in [0.25, 0.3) is 0 Å². The second-order valence-corrected chi connectivity index (χ2v) is 4.10. The van der Waals surface area contributed by atoms with Crippen molar-refractivity contribution < 1.29 is 0 Å². The van der Waals surface area contributed by atoms with E-state index in [4.69, 9.17) is 0 Å². The van der Waals surface area contributed by atoms with Crippen LogP contribution in [0.1, 0.15) is 20.3 Å². The maximum absolute atomic E-state index is 11.7. The van der Waals surface area contributed by atoms with Gasteiger partial charge in [0.05, 0.1) is 0 Å². The van der Waals surface area contributed by atoms with E-state index in [0.29, 0.717) is 5.92 Å². The summed E-state index contributed by atoms with van der Waals surface area (Å²) in [4.78, 5) is 11.7. The largest absolute Gasteiger partial charge is 0.328 e. The van der Waals surface area contributed by atoms with Crippen molar-refractivity contribution in [1.29, 1.82) is 0 Å². The fraction of sp³-hybridized carbons (Fsp3) is 0.700. The highest BCUT2D eigenvalue weighted by Gasteiger charge is 2.08. The van der Waals surface area contributed by atoms with Crippen LogP contribution < -0.4 is 5.69 Å². The van der Waals surface area contributed by atoms with Crippen LogP contribution in [0.5, 0.6) is 0 Å². The van der Waals surface area contributed by atoms with Gasteiger partial charge in [0.2, 0.25) is 0 Å². The van der Waals surface area contributed by atoms with E-state index in [1.165, 1.54) is 0 Å². The fourth-order valence-electron chi connectivity index (χ4n) is 1.40. The molecule has 0 aromatic carbocycles. The van der Waals surface area contributed by atoms with E-state index in [0.717, 1.165) is 24.8 Å². The lowest BCUT2D eigenvalue weighted by atomic mass is 10.1. The average Bonchev–Trinajstić information content (AvgIpc) is 2.56. The maximum atomic E-state index is 11.7. The molecular weight excluding hydrogens is 244 g/mol. The predicted molar refractivity (Wildman–Crippen MR) is 61.9 cm³/mol. The zero-order chi connectivity index (χ0) is 10.6. The molecule has 1 aromatic heterocycles. The molecule has 1 heterocycles. The van der Waals surface area contributed by atoms with Crippen molar-refractivity contribution in [3.63, 3.8) is 0 Å². The number of imidazole rings is 1. The summed E-state index contributed by atoms with van der Waals surface area (Å²) in [6.07, 6.45) is 4.81. The number of hydrogen-bond donors (Lipinski definition) is 0. The Balaban J connectivity index is 2.76. The second-order valence-electron chi connectivity index (χ2n) is 3.45. The summed E-state index contributed by atoms with van der Waals surface area (Å²) in [6, 6.07) is 0. The van der Waals surface area contributed by atoms with Gasteiger partial charge < -0.3 is 0 Å². The lowest BCUT2D eigenvalue weighted by molar-refractivity contribution is 0.464. The Kier molecular flexibility index (Phi) is 4.45. The van der Waals surface area contributed by atoms with Crippen molar-refractivity contribution in [2.75, 3.05) is 5.33 Å². The third kappa shape index (κ3) is 2.50. The monoisotopic (exact) mass is 260 g/mol. The van der Waals surface area contributed by atoms with Crippen molar-refractivity contribution in [1.82, 2.24) is 9.13 Å². The molecule has 1 atom stereocenters. The molecular formula is C10H17BrN2O. The molecule has 0 aliphatic heterocycles. The van der Waals surface area contributed by atoms with E-state index in [1.807, 2.05) is 19.3 Å². The van der Waals surface area contributed by atoms with Gasteiger partial charge in [0.15, 0.2) is 0 Å². The van der Waals surface area contributed by atoms with Gasteiger partial charge in [0.1, 0.15) is 0 Å². The van der Waals surface area contributed by atoms with Gasteiger partial charge in [-0.15, -0.1) is 0 Å². The standard InChI is InChI=1S/C10H17BrN2O/c1-3-9(7-11)8-13-6-5-12(4-2)10(13)14/h5-6,9H,3-4,7-8H2,1-2H3. The third-order valence-corrected chi connectivity index (χ3v) is 3.42. The Morgan fingerprint density at radius 2 is 2.00 bits per heavy atom. The van der Waals surface area contributed by atoms with E-state index >= 15 is 0 Å². The van der Waals surface area contributed by atoms with E-state index in [9.17, 15) is 4.79 Å². The first-order chi connectivity index (χ1) is 6.72. The Morgan fingerprint density at radius 3 is 2.43 bits per heavy atom. The van der Waals surface area contributed by atoms with Gasteiger partial charge in [-0.1, -0.05) is 29.3 Å². The lowest BCUT2D eigenvalue weighted by Crippen LogP contribution is -2.26. The van der Waals surface area contributed by atoms with Crippen LogP contribution in [0, 0.1) is 5.92 Å².